The minimum absolute atomic E-state index is 0.271. The number of rotatable bonds is 5. The Morgan fingerprint density at radius 1 is 1.22 bits per heavy atom. The van der Waals surface area contributed by atoms with E-state index in [0.29, 0.717) is 23.3 Å². The Hall–Kier alpha value is -3.74. The number of aromatic nitrogens is 3. The molecule has 0 fully saturated rings. The molecule has 7 heteroatoms. The normalized spacial score (nSPS) is 10.9. The number of furan rings is 1. The van der Waals surface area contributed by atoms with Gasteiger partial charge >= 0.3 is 5.97 Å². The van der Waals surface area contributed by atoms with Crippen LogP contribution in [-0.2, 0) is 4.74 Å². The van der Waals surface area contributed by atoms with Gasteiger partial charge in [0, 0.05) is 17.3 Å². The monoisotopic (exact) mass is 361 g/mol. The van der Waals surface area contributed by atoms with E-state index in [1.54, 1.807) is 29.8 Å². The number of benzene rings is 1. The molecule has 0 N–H and O–H groups in total. The van der Waals surface area contributed by atoms with E-state index in [-0.39, 0.29) is 12.4 Å². The second-order valence-electron chi connectivity index (χ2n) is 5.74. The fourth-order valence-corrected chi connectivity index (χ4v) is 2.87. The zero-order valence-corrected chi connectivity index (χ0v) is 14.5. The van der Waals surface area contributed by atoms with Crippen LogP contribution >= 0.6 is 0 Å². The van der Waals surface area contributed by atoms with Crippen LogP contribution in [-0.4, -0.2) is 33.5 Å². The lowest BCUT2D eigenvalue weighted by atomic mass is 10.1. The predicted molar refractivity (Wildman–Crippen MR) is 97.5 cm³/mol. The van der Waals surface area contributed by atoms with Gasteiger partial charge < -0.3 is 9.15 Å². The summed E-state index contributed by atoms with van der Waals surface area (Å²) in [5.41, 5.74) is 3.19. The lowest BCUT2D eigenvalue weighted by Gasteiger charge is -2.07. The van der Waals surface area contributed by atoms with Gasteiger partial charge in [-0.2, -0.15) is 5.10 Å². The molecule has 7 nitrogen and oxygen atoms in total. The SMILES string of the molecule is CCOC(=O)c1cnn2c(-c3cccc(-c4ccc(C=O)o4)c3)ccnc12. The standard InChI is InChI=1S/C20H15N3O4/c1-2-26-20(25)16-11-22-23-17(8-9-21-19(16)23)13-4-3-5-14(10-13)18-7-6-15(12-24)27-18/h3-12H,2H2,1H3. The topological polar surface area (TPSA) is 86.7 Å². The van der Waals surface area contributed by atoms with Crippen LogP contribution in [0.5, 0.6) is 0 Å². The molecule has 0 unspecified atom stereocenters. The number of carbonyl (C=O) groups excluding carboxylic acids is 2. The van der Waals surface area contributed by atoms with E-state index in [2.05, 4.69) is 10.1 Å². The highest BCUT2D eigenvalue weighted by Crippen LogP contribution is 2.28. The van der Waals surface area contributed by atoms with Crippen LogP contribution in [0, 0.1) is 0 Å². The number of ether oxygens (including phenoxy) is 1. The summed E-state index contributed by atoms with van der Waals surface area (Å²) < 4.78 is 12.2. The van der Waals surface area contributed by atoms with Gasteiger partial charge in [-0.15, -0.1) is 0 Å². The fraction of sp³-hybridized carbons (Fsp3) is 0.100. The molecule has 4 aromatic rings. The van der Waals surface area contributed by atoms with Crippen molar-refractivity contribution in [1.29, 1.82) is 0 Å². The Bertz CT molecular complexity index is 1140. The number of hydrogen-bond acceptors (Lipinski definition) is 6. The number of esters is 1. The third-order valence-electron chi connectivity index (χ3n) is 4.08. The molecule has 1 aromatic carbocycles. The fourth-order valence-electron chi connectivity index (χ4n) is 2.87. The second kappa shape index (κ2) is 6.87. The van der Waals surface area contributed by atoms with Crippen molar-refractivity contribution in [2.75, 3.05) is 6.61 Å². The van der Waals surface area contributed by atoms with Gasteiger partial charge in [0.25, 0.3) is 0 Å². The van der Waals surface area contributed by atoms with Gasteiger partial charge in [-0.05, 0) is 31.2 Å². The minimum Gasteiger partial charge on any atom is -0.462 e. The third-order valence-corrected chi connectivity index (χ3v) is 4.08. The smallest absolute Gasteiger partial charge is 0.343 e. The molecule has 27 heavy (non-hydrogen) atoms. The summed E-state index contributed by atoms with van der Waals surface area (Å²) in [4.78, 5) is 27.2. The molecule has 0 spiro atoms. The van der Waals surface area contributed by atoms with E-state index in [0.717, 1.165) is 16.8 Å². The first-order chi connectivity index (χ1) is 13.2. The van der Waals surface area contributed by atoms with Crippen LogP contribution in [0.3, 0.4) is 0 Å². The Morgan fingerprint density at radius 3 is 2.85 bits per heavy atom. The molecule has 0 aliphatic carbocycles. The third kappa shape index (κ3) is 2.99. The van der Waals surface area contributed by atoms with Gasteiger partial charge in [0.2, 0.25) is 0 Å². The predicted octanol–water partition coefficient (Wildman–Crippen LogP) is 3.65. The Kier molecular flexibility index (Phi) is 4.25. The molecular weight excluding hydrogens is 346 g/mol. The van der Waals surface area contributed by atoms with Crippen LogP contribution in [0.2, 0.25) is 0 Å². The Balaban J connectivity index is 1.80. The summed E-state index contributed by atoms with van der Waals surface area (Å²) in [6, 6.07) is 12.8. The van der Waals surface area contributed by atoms with E-state index < -0.39 is 5.97 Å². The Labute approximate surface area is 154 Å². The van der Waals surface area contributed by atoms with Crippen molar-refractivity contribution in [2.24, 2.45) is 0 Å². The quantitative estimate of drug-likeness (QED) is 0.398. The van der Waals surface area contributed by atoms with Crippen molar-refractivity contribution in [3.8, 4) is 22.6 Å². The molecule has 0 aliphatic rings. The van der Waals surface area contributed by atoms with Gasteiger partial charge in [0.15, 0.2) is 17.7 Å². The first-order valence-electron chi connectivity index (χ1n) is 8.37. The lowest BCUT2D eigenvalue weighted by molar-refractivity contribution is 0.0528. The van der Waals surface area contributed by atoms with E-state index in [1.807, 2.05) is 30.3 Å². The van der Waals surface area contributed by atoms with E-state index in [1.165, 1.54) is 6.20 Å². The number of nitrogens with zero attached hydrogens (tertiary/aromatic N) is 3. The number of carbonyl (C=O) groups is 2. The Morgan fingerprint density at radius 2 is 2.07 bits per heavy atom. The highest BCUT2D eigenvalue weighted by atomic mass is 16.5. The first-order valence-corrected chi connectivity index (χ1v) is 8.37. The minimum atomic E-state index is -0.456. The van der Waals surface area contributed by atoms with Crippen LogP contribution < -0.4 is 0 Å². The van der Waals surface area contributed by atoms with Gasteiger partial charge in [-0.1, -0.05) is 18.2 Å². The van der Waals surface area contributed by atoms with Crippen LogP contribution in [0.4, 0.5) is 0 Å². The maximum absolute atomic E-state index is 12.1. The largest absolute Gasteiger partial charge is 0.462 e. The van der Waals surface area contributed by atoms with Crippen LogP contribution in [0.15, 0.2) is 59.3 Å². The van der Waals surface area contributed by atoms with Gasteiger partial charge in [0.1, 0.15) is 11.3 Å². The molecule has 0 amide bonds. The van der Waals surface area contributed by atoms with E-state index in [9.17, 15) is 9.59 Å². The van der Waals surface area contributed by atoms with Crippen LogP contribution in [0.25, 0.3) is 28.2 Å². The maximum Gasteiger partial charge on any atom is 0.343 e. The molecule has 3 heterocycles. The molecule has 0 saturated carbocycles. The molecule has 0 bridgehead atoms. The second-order valence-corrected chi connectivity index (χ2v) is 5.74. The highest BCUT2D eigenvalue weighted by Gasteiger charge is 2.17. The van der Waals surface area contributed by atoms with Gasteiger partial charge in [-0.3, -0.25) is 4.79 Å². The summed E-state index contributed by atoms with van der Waals surface area (Å²) in [5, 5.41) is 4.30. The molecule has 0 aliphatic heterocycles. The number of hydrogen-bond donors (Lipinski definition) is 0. The van der Waals surface area contributed by atoms with Crippen molar-refractivity contribution in [3.63, 3.8) is 0 Å². The summed E-state index contributed by atoms with van der Waals surface area (Å²) in [6.45, 7) is 2.03. The summed E-state index contributed by atoms with van der Waals surface area (Å²) in [6.07, 6.45) is 3.75. The van der Waals surface area contributed by atoms with Crippen molar-refractivity contribution in [1.82, 2.24) is 14.6 Å². The zero-order valence-electron chi connectivity index (χ0n) is 14.5. The summed E-state index contributed by atoms with van der Waals surface area (Å²) >= 11 is 0. The molecular formula is C20H15N3O4. The number of aldehydes is 1. The highest BCUT2D eigenvalue weighted by molar-refractivity contribution is 5.96. The van der Waals surface area contributed by atoms with Crippen molar-refractivity contribution in [3.05, 3.63) is 66.2 Å². The molecule has 134 valence electrons. The van der Waals surface area contributed by atoms with Crippen molar-refractivity contribution in [2.45, 2.75) is 6.92 Å². The van der Waals surface area contributed by atoms with Gasteiger partial charge in [-0.25, -0.2) is 14.3 Å². The average molecular weight is 361 g/mol. The molecule has 4 rings (SSSR count). The first kappa shape index (κ1) is 16.7. The molecule has 0 atom stereocenters. The van der Waals surface area contributed by atoms with E-state index >= 15 is 0 Å². The van der Waals surface area contributed by atoms with Crippen LogP contribution in [0.1, 0.15) is 27.8 Å². The summed E-state index contributed by atoms with van der Waals surface area (Å²) in [5.74, 6) is 0.410. The number of fused-ring (bicyclic) bond motifs is 1. The molecule has 3 aromatic heterocycles. The lowest BCUT2D eigenvalue weighted by Crippen LogP contribution is -2.05. The maximum atomic E-state index is 12.1. The zero-order chi connectivity index (χ0) is 18.8. The van der Waals surface area contributed by atoms with E-state index in [4.69, 9.17) is 9.15 Å². The molecule has 0 saturated heterocycles. The van der Waals surface area contributed by atoms with Crippen molar-refractivity contribution < 1.29 is 18.7 Å². The summed E-state index contributed by atoms with van der Waals surface area (Å²) in [7, 11) is 0. The van der Waals surface area contributed by atoms with Gasteiger partial charge in [0.05, 0.1) is 18.5 Å². The molecule has 0 radical (unpaired) electrons. The average Bonchev–Trinajstić information content (AvgIpc) is 3.35. The van der Waals surface area contributed by atoms with Crippen molar-refractivity contribution >= 4 is 17.9 Å².